The number of nitrogens with one attached hydrogen (secondary N) is 2. The Morgan fingerprint density at radius 1 is 1.28 bits per heavy atom. The minimum Gasteiger partial charge on any atom is -0.511 e. The van der Waals surface area contributed by atoms with Crippen molar-refractivity contribution in [2.45, 2.75) is 12.5 Å². The summed E-state index contributed by atoms with van der Waals surface area (Å²) in [6.07, 6.45) is 5.51. The summed E-state index contributed by atoms with van der Waals surface area (Å²) in [6, 6.07) is 2.18. The second-order valence-corrected chi connectivity index (χ2v) is 6.93. The maximum atomic E-state index is 13.0. The molecule has 0 radical (unpaired) electrons. The molecule has 4 heterocycles. The number of pyridine rings is 1. The third-order valence-corrected chi connectivity index (χ3v) is 5.05. The first-order chi connectivity index (χ1) is 14.0. The summed E-state index contributed by atoms with van der Waals surface area (Å²) >= 11 is 1.27. The molecule has 0 spiro atoms. The second kappa shape index (κ2) is 7.72. The van der Waals surface area contributed by atoms with Crippen molar-refractivity contribution in [3.63, 3.8) is 0 Å². The first-order valence-corrected chi connectivity index (χ1v) is 9.27. The number of hydrogen-bond donors (Lipinski definition) is 3. The molecule has 1 unspecified atom stereocenters. The largest absolute Gasteiger partial charge is 0.511 e. The molecule has 3 N–H and O–H groups in total. The number of nitrogens with zero attached hydrogens (tertiary/aromatic N) is 4. The Hall–Kier alpha value is -3.73. The highest BCUT2D eigenvalue weighted by atomic mass is 32.1. The van der Waals surface area contributed by atoms with E-state index in [0.29, 0.717) is 16.3 Å². The van der Waals surface area contributed by atoms with E-state index in [0.717, 1.165) is 0 Å². The number of halogens is 1. The number of thiazole rings is 1. The third kappa shape index (κ3) is 3.94. The van der Waals surface area contributed by atoms with Crippen molar-refractivity contribution >= 4 is 29.0 Å². The molecule has 1 atom stereocenters. The second-order valence-electron chi connectivity index (χ2n) is 6.04. The lowest BCUT2D eigenvalue weighted by Crippen LogP contribution is -2.39. The van der Waals surface area contributed by atoms with Gasteiger partial charge >= 0.3 is 0 Å². The van der Waals surface area contributed by atoms with Crippen molar-refractivity contribution in [2.24, 2.45) is 0 Å². The van der Waals surface area contributed by atoms with Crippen LogP contribution in [0.1, 0.15) is 17.5 Å². The van der Waals surface area contributed by atoms with E-state index in [4.69, 9.17) is 0 Å². The Labute approximate surface area is 167 Å². The minimum absolute atomic E-state index is 0.00355. The molecule has 0 aliphatic carbocycles. The van der Waals surface area contributed by atoms with Gasteiger partial charge in [0.05, 0.1) is 17.9 Å². The van der Waals surface area contributed by atoms with Crippen LogP contribution in [0.15, 0.2) is 53.6 Å². The lowest BCUT2D eigenvalue weighted by atomic mass is 10.0. The number of aliphatic hydroxyl groups is 1. The van der Waals surface area contributed by atoms with Gasteiger partial charge < -0.3 is 15.7 Å². The zero-order valence-electron chi connectivity index (χ0n) is 14.7. The lowest BCUT2D eigenvalue weighted by molar-refractivity contribution is -0.123. The van der Waals surface area contributed by atoms with Crippen LogP contribution in [0, 0.1) is 5.95 Å². The molecule has 146 valence electrons. The topological polar surface area (TPSA) is 130 Å². The third-order valence-electron chi connectivity index (χ3n) is 4.09. The van der Waals surface area contributed by atoms with E-state index < -0.39 is 23.8 Å². The fraction of sp³-hybridized carbons (Fsp3) is 0.111. The van der Waals surface area contributed by atoms with Crippen molar-refractivity contribution in [1.82, 2.24) is 25.3 Å². The van der Waals surface area contributed by atoms with Crippen molar-refractivity contribution < 1.29 is 19.1 Å². The molecule has 0 fully saturated rings. The first-order valence-electron chi connectivity index (χ1n) is 8.39. The van der Waals surface area contributed by atoms with E-state index in [1.54, 1.807) is 11.4 Å². The van der Waals surface area contributed by atoms with E-state index in [-0.39, 0.29) is 23.6 Å². The standard InChI is InChI=1S/C18H13FN6O3S/c19-13-2-1-9(6-22-13)11-8-29-18(24-11)10-5-12(26)15(16(27)23-10)17(28)25-14-7-20-3-4-21-14/h1-4,6-8,10,26H,5H2,(H,23,27)(H,21,25,28). The van der Waals surface area contributed by atoms with Gasteiger partial charge in [-0.1, -0.05) is 0 Å². The van der Waals surface area contributed by atoms with Crippen LogP contribution in [0.25, 0.3) is 11.3 Å². The molecule has 4 rings (SSSR count). The predicted octanol–water partition coefficient (Wildman–Crippen LogP) is 2.15. The van der Waals surface area contributed by atoms with Crippen LogP contribution >= 0.6 is 11.3 Å². The lowest BCUT2D eigenvalue weighted by Gasteiger charge is -2.23. The maximum Gasteiger partial charge on any atom is 0.265 e. The summed E-state index contributed by atoms with van der Waals surface area (Å²) in [4.78, 5) is 40.5. The minimum atomic E-state index is -0.781. The number of rotatable bonds is 4. The summed E-state index contributed by atoms with van der Waals surface area (Å²) in [5.74, 6) is -2.28. The molecule has 2 amide bonds. The van der Waals surface area contributed by atoms with Crippen LogP contribution in [0.2, 0.25) is 0 Å². The Morgan fingerprint density at radius 3 is 2.83 bits per heavy atom. The average molecular weight is 412 g/mol. The number of amides is 2. The van der Waals surface area contributed by atoms with Crippen molar-refractivity contribution in [1.29, 1.82) is 0 Å². The number of anilines is 1. The molecular weight excluding hydrogens is 399 g/mol. The van der Waals surface area contributed by atoms with E-state index in [9.17, 15) is 19.1 Å². The first kappa shape index (κ1) is 18.6. The smallest absolute Gasteiger partial charge is 0.265 e. The molecule has 0 aromatic carbocycles. The molecule has 0 saturated heterocycles. The fourth-order valence-electron chi connectivity index (χ4n) is 2.74. The quantitative estimate of drug-likeness (QED) is 0.442. The number of aliphatic hydroxyl groups excluding tert-OH is 1. The van der Waals surface area contributed by atoms with Crippen molar-refractivity contribution in [2.75, 3.05) is 5.32 Å². The van der Waals surface area contributed by atoms with Crippen molar-refractivity contribution in [3.8, 4) is 11.3 Å². The number of aromatic nitrogens is 4. The van der Waals surface area contributed by atoms with Crippen LogP contribution in [0.3, 0.4) is 0 Å². The van der Waals surface area contributed by atoms with Gasteiger partial charge in [-0.2, -0.15) is 4.39 Å². The van der Waals surface area contributed by atoms with Crippen LogP contribution in [0.4, 0.5) is 10.2 Å². The Kier molecular flexibility index (Phi) is 4.96. The van der Waals surface area contributed by atoms with Gasteiger partial charge in [-0.15, -0.1) is 11.3 Å². The van der Waals surface area contributed by atoms with Crippen LogP contribution < -0.4 is 10.6 Å². The molecule has 3 aromatic rings. The van der Waals surface area contributed by atoms with Gasteiger partial charge in [-0.05, 0) is 12.1 Å². The number of hydrogen-bond acceptors (Lipinski definition) is 8. The summed E-state index contributed by atoms with van der Waals surface area (Å²) < 4.78 is 13.0. The normalized spacial score (nSPS) is 16.4. The average Bonchev–Trinajstić information content (AvgIpc) is 3.19. The molecule has 0 saturated carbocycles. The highest BCUT2D eigenvalue weighted by Crippen LogP contribution is 2.31. The summed E-state index contributed by atoms with van der Waals surface area (Å²) in [5, 5.41) is 17.7. The van der Waals surface area contributed by atoms with E-state index in [2.05, 4.69) is 30.6 Å². The summed E-state index contributed by atoms with van der Waals surface area (Å²) in [5.41, 5.74) is 0.813. The summed E-state index contributed by atoms with van der Waals surface area (Å²) in [7, 11) is 0. The summed E-state index contributed by atoms with van der Waals surface area (Å²) in [6.45, 7) is 0. The Bertz CT molecular complexity index is 1100. The monoisotopic (exact) mass is 412 g/mol. The predicted molar refractivity (Wildman–Crippen MR) is 101 cm³/mol. The zero-order chi connectivity index (χ0) is 20.4. The molecule has 1 aliphatic rings. The van der Waals surface area contributed by atoms with Crippen molar-refractivity contribution in [3.05, 3.63) is 64.6 Å². The van der Waals surface area contributed by atoms with Gasteiger partial charge in [0.25, 0.3) is 11.8 Å². The van der Waals surface area contributed by atoms with Gasteiger partial charge in [-0.25, -0.2) is 15.0 Å². The molecule has 0 bridgehead atoms. The number of carbonyl (C=O) groups is 2. The van der Waals surface area contributed by atoms with E-state index in [1.807, 2.05) is 0 Å². The van der Waals surface area contributed by atoms with E-state index >= 15 is 0 Å². The van der Waals surface area contributed by atoms with Gasteiger partial charge in [0, 0.05) is 36.0 Å². The maximum absolute atomic E-state index is 13.0. The highest BCUT2D eigenvalue weighted by Gasteiger charge is 2.33. The molecule has 3 aromatic heterocycles. The van der Waals surface area contributed by atoms with Crippen LogP contribution in [-0.4, -0.2) is 36.9 Å². The Balaban J connectivity index is 1.52. The molecule has 1 aliphatic heterocycles. The molecule has 29 heavy (non-hydrogen) atoms. The van der Waals surface area contributed by atoms with Crippen LogP contribution in [0.5, 0.6) is 0 Å². The fourth-order valence-corrected chi connectivity index (χ4v) is 3.62. The molecule has 9 nitrogen and oxygen atoms in total. The van der Waals surface area contributed by atoms with Gasteiger partial charge in [0.1, 0.15) is 16.3 Å². The van der Waals surface area contributed by atoms with E-state index in [1.165, 1.54) is 42.2 Å². The van der Waals surface area contributed by atoms with Gasteiger partial charge in [0.2, 0.25) is 5.95 Å². The Morgan fingerprint density at radius 2 is 2.14 bits per heavy atom. The highest BCUT2D eigenvalue weighted by molar-refractivity contribution is 7.10. The van der Waals surface area contributed by atoms with Crippen LogP contribution in [-0.2, 0) is 9.59 Å². The zero-order valence-corrected chi connectivity index (χ0v) is 15.5. The number of carbonyl (C=O) groups excluding carboxylic acids is 2. The SMILES string of the molecule is O=C(Nc1cnccn1)C1=C(O)CC(c2nc(-c3ccc(F)nc3)cs2)NC1=O. The molecule has 11 heteroatoms. The van der Waals surface area contributed by atoms with Gasteiger partial charge in [0.15, 0.2) is 5.82 Å². The molecular formula is C18H13FN6O3S. The van der Waals surface area contributed by atoms with Gasteiger partial charge in [-0.3, -0.25) is 14.6 Å².